The van der Waals surface area contributed by atoms with E-state index in [1.165, 1.54) is 4.57 Å². The number of carbonyl (C=O) groups excluding carboxylic acids is 1. The predicted octanol–water partition coefficient (Wildman–Crippen LogP) is 2.38. The van der Waals surface area contributed by atoms with Gasteiger partial charge < -0.3 is 19.9 Å². The van der Waals surface area contributed by atoms with Gasteiger partial charge in [0.05, 0.1) is 6.61 Å². The van der Waals surface area contributed by atoms with Crippen LogP contribution in [0, 0.1) is 6.92 Å². The third-order valence-corrected chi connectivity index (χ3v) is 4.31. The van der Waals surface area contributed by atoms with Crippen LogP contribution in [-0.2, 0) is 7.05 Å². The summed E-state index contributed by atoms with van der Waals surface area (Å²) in [4.78, 5) is 24.3. The van der Waals surface area contributed by atoms with Crippen LogP contribution in [0.1, 0.15) is 23.5 Å². The first kappa shape index (κ1) is 16.1. The number of nitrogens with zero attached hydrogens (tertiary/aromatic N) is 1. The normalized spacial score (nSPS) is 16.0. The maximum atomic E-state index is 12.2. The second kappa shape index (κ2) is 6.78. The highest BCUT2D eigenvalue weighted by Crippen LogP contribution is 2.32. The number of carbonyl (C=O) groups is 1. The van der Waals surface area contributed by atoms with E-state index in [1.54, 1.807) is 26.2 Å². The molecule has 1 aliphatic heterocycles. The molecule has 2 aromatic rings. The largest absolute Gasteiger partial charge is 0.493 e. The molecule has 0 spiro atoms. The van der Waals surface area contributed by atoms with Crippen molar-refractivity contribution in [3.8, 4) is 5.75 Å². The highest BCUT2D eigenvalue weighted by atomic mass is 16.5. The fourth-order valence-corrected chi connectivity index (χ4v) is 2.87. The van der Waals surface area contributed by atoms with Gasteiger partial charge in [0.15, 0.2) is 0 Å². The highest BCUT2D eigenvalue weighted by molar-refractivity contribution is 5.89. The van der Waals surface area contributed by atoms with Gasteiger partial charge in [-0.05, 0) is 36.6 Å². The van der Waals surface area contributed by atoms with Crippen molar-refractivity contribution in [2.24, 2.45) is 7.05 Å². The fourth-order valence-electron chi connectivity index (χ4n) is 2.87. The summed E-state index contributed by atoms with van der Waals surface area (Å²) in [6.45, 7) is 2.94. The predicted molar refractivity (Wildman–Crippen MR) is 92.7 cm³/mol. The molecule has 126 valence electrons. The van der Waals surface area contributed by atoms with Gasteiger partial charge in [-0.1, -0.05) is 18.2 Å². The van der Waals surface area contributed by atoms with Gasteiger partial charge in [-0.15, -0.1) is 0 Å². The monoisotopic (exact) mass is 327 g/mol. The van der Waals surface area contributed by atoms with Gasteiger partial charge in [-0.3, -0.25) is 4.79 Å². The van der Waals surface area contributed by atoms with Crippen molar-refractivity contribution in [2.45, 2.75) is 19.3 Å². The van der Waals surface area contributed by atoms with Crippen LogP contribution in [0.3, 0.4) is 0 Å². The molecule has 6 nitrogen and oxygen atoms in total. The molecule has 3 rings (SSSR count). The lowest BCUT2D eigenvalue weighted by molar-refractivity contribution is 0.245. The lowest BCUT2D eigenvalue weighted by Crippen LogP contribution is -2.36. The van der Waals surface area contributed by atoms with Gasteiger partial charge in [0, 0.05) is 25.7 Å². The summed E-state index contributed by atoms with van der Waals surface area (Å²) in [7, 11) is 1.66. The molecule has 0 saturated carbocycles. The van der Waals surface area contributed by atoms with E-state index in [0.717, 1.165) is 23.3 Å². The average Bonchev–Trinajstić information content (AvgIpc) is 2.60. The number of para-hydroxylation sites is 1. The van der Waals surface area contributed by atoms with Gasteiger partial charge in [0.25, 0.3) is 5.56 Å². The van der Waals surface area contributed by atoms with Crippen molar-refractivity contribution in [1.29, 1.82) is 0 Å². The third kappa shape index (κ3) is 3.27. The molecule has 1 aliphatic rings. The van der Waals surface area contributed by atoms with Crippen molar-refractivity contribution < 1.29 is 9.53 Å². The number of rotatable bonds is 3. The van der Waals surface area contributed by atoms with E-state index < -0.39 is 0 Å². The van der Waals surface area contributed by atoms with Crippen LogP contribution >= 0.6 is 0 Å². The number of aryl methyl sites for hydroxylation is 2. The van der Waals surface area contributed by atoms with Crippen molar-refractivity contribution >= 4 is 11.7 Å². The second-order valence-electron chi connectivity index (χ2n) is 6.00. The maximum Gasteiger partial charge on any atom is 0.319 e. The Hall–Kier alpha value is -2.76. The topological polar surface area (TPSA) is 72.4 Å². The minimum atomic E-state index is -0.370. The van der Waals surface area contributed by atoms with Crippen LogP contribution in [0.15, 0.2) is 41.3 Å². The van der Waals surface area contributed by atoms with Crippen LogP contribution in [-0.4, -0.2) is 23.7 Å². The van der Waals surface area contributed by atoms with E-state index in [4.69, 9.17) is 4.74 Å². The minimum Gasteiger partial charge on any atom is -0.493 e. The summed E-state index contributed by atoms with van der Waals surface area (Å²) in [5.41, 5.74) is 1.94. The Morgan fingerprint density at radius 1 is 1.33 bits per heavy atom. The molecule has 0 saturated heterocycles. The molecule has 2 heterocycles. The van der Waals surface area contributed by atoms with Crippen molar-refractivity contribution in [3.63, 3.8) is 0 Å². The van der Waals surface area contributed by atoms with Gasteiger partial charge in [0.2, 0.25) is 0 Å². The highest BCUT2D eigenvalue weighted by Gasteiger charge is 2.21. The Morgan fingerprint density at radius 2 is 2.12 bits per heavy atom. The zero-order valence-electron chi connectivity index (χ0n) is 13.8. The van der Waals surface area contributed by atoms with Crippen molar-refractivity contribution in [2.75, 3.05) is 18.5 Å². The zero-order chi connectivity index (χ0) is 17.1. The van der Waals surface area contributed by atoms with E-state index in [-0.39, 0.29) is 17.5 Å². The summed E-state index contributed by atoms with van der Waals surface area (Å²) in [5, 5.41) is 5.53. The van der Waals surface area contributed by atoms with Crippen molar-refractivity contribution in [1.82, 2.24) is 9.88 Å². The second-order valence-corrected chi connectivity index (χ2v) is 6.00. The number of fused-ring (bicyclic) bond motifs is 1. The van der Waals surface area contributed by atoms with Gasteiger partial charge >= 0.3 is 6.03 Å². The third-order valence-electron chi connectivity index (χ3n) is 4.31. The summed E-state index contributed by atoms with van der Waals surface area (Å²) in [6.07, 6.45) is 2.53. The molecule has 2 amide bonds. The average molecular weight is 327 g/mol. The van der Waals surface area contributed by atoms with Crippen LogP contribution < -0.4 is 20.9 Å². The fraction of sp³-hybridized carbons (Fsp3) is 0.333. The van der Waals surface area contributed by atoms with Crippen LogP contribution in [0.25, 0.3) is 0 Å². The number of hydrogen-bond donors (Lipinski definition) is 2. The molecule has 1 atom stereocenters. The number of anilines is 1. The molecule has 0 bridgehead atoms. The molecular weight excluding hydrogens is 306 g/mol. The molecule has 24 heavy (non-hydrogen) atoms. The summed E-state index contributed by atoms with van der Waals surface area (Å²) in [6, 6.07) is 9.30. The minimum absolute atomic E-state index is 0.209. The lowest BCUT2D eigenvalue weighted by Gasteiger charge is -2.26. The van der Waals surface area contributed by atoms with Gasteiger partial charge in [-0.25, -0.2) is 4.79 Å². The molecule has 1 unspecified atom stereocenters. The maximum absolute atomic E-state index is 12.2. The summed E-state index contributed by atoms with van der Waals surface area (Å²) >= 11 is 0. The molecule has 0 aliphatic carbocycles. The summed E-state index contributed by atoms with van der Waals surface area (Å²) in [5.74, 6) is 1.09. The number of nitrogens with one attached hydrogen (secondary N) is 2. The number of amides is 2. The molecule has 6 heteroatoms. The Kier molecular flexibility index (Phi) is 4.55. The van der Waals surface area contributed by atoms with E-state index in [0.29, 0.717) is 18.8 Å². The number of ether oxygens (including phenoxy) is 1. The van der Waals surface area contributed by atoms with Crippen LogP contribution in [0.5, 0.6) is 5.75 Å². The molecular formula is C18H21N3O3. The zero-order valence-corrected chi connectivity index (χ0v) is 13.8. The first-order valence-corrected chi connectivity index (χ1v) is 7.99. The lowest BCUT2D eigenvalue weighted by atomic mass is 9.93. The molecule has 0 radical (unpaired) electrons. The Labute approximate surface area is 140 Å². The SMILES string of the molecule is Cc1ccn(C)c(=O)c1NC(=O)NCC1CCOc2ccccc21. The van der Waals surface area contributed by atoms with E-state index in [9.17, 15) is 9.59 Å². The molecule has 2 N–H and O–H groups in total. The molecule has 1 aromatic heterocycles. The smallest absolute Gasteiger partial charge is 0.319 e. The Morgan fingerprint density at radius 3 is 2.96 bits per heavy atom. The van der Waals surface area contributed by atoms with Crippen LogP contribution in [0.4, 0.5) is 10.5 Å². The number of aromatic nitrogens is 1. The van der Waals surface area contributed by atoms with Crippen LogP contribution in [0.2, 0.25) is 0 Å². The number of pyridine rings is 1. The number of benzene rings is 1. The quantitative estimate of drug-likeness (QED) is 0.909. The molecule has 1 aromatic carbocycles. The van der Waals surface area contributed by atoms with E-state index >= 15 is 0 Å². The Balaban J connectivity index is 1.65. The molecule has 0 fully saturated rings. The first-order valence-electron chi connectivity index (χ1n) is 7.99. The van der Waals surface area contributed by atoms with E-state index in [2.05, 4.69) is 10.6 Å². The Bertz CT molecular complexity index is 813. The number of hydrogen-bond acceptors (Lipinski definition) is 3. The first-order chi connectivity index (χ1) is 11.6. The standard InChI is InChI=1S/C18H21N3O3/c1-12-7-9-21(2)17(22)16(12)20-18(23)19-11-13-8-10-24-15-6-4-3-5-14(13)15/h3-7,9,13H,8,10-11H2,1-2H3,(H2,19,20,23). The summed E-state index contributed by atoms with van der Waals surface area (Å²) < 4.78 is 7.07. The van der Waals surface area contributed by atoms with E-state index in [1.807, 2.05) is 24.3 Å². The van der Waals surface area contributed by atoms with Gasteiger partial charge in [-0.2, -0.15) is 0 Å². The van der Waals surface area contributed by atoms with Gasteiger partial charge in [0.1, 0.15) is 11.4 Å². The van der Waals surface area contributed by atoms with Crippen molar-refractivity contribution in [3.05, 3.63) is 58.0 Å². The number of urea groups is 1.